The number of carbonyl (C=O) groups is 2. The van der Waals surface area contributed by atoms with Crippen molar-refractivity contribution < 1.29 is 55.2 Å². The summed E-state index contributed by atoms with van der Waals surface area (Å²) in [5.74, 6) is -0.530. The number of anilines is 1. The van der Waals surface area contributed by atoms with Gasteiger partial charge in [0, 0.05) is 11.1 Å². The molecule has 2 aromatic rings. The zero-order chi connectivity index (χ0) is 18.4. The fourth-order valence-electron chi connectivity index (χ4n) is 2.11. The third-order valence-corrected chi connectivity index (χ3v) is 3.54. The van der Waals surface area contributed by atoms with Crippen molar-refractivity contribution in [1.29, 1.82) is 0 Å². The maximum absolute atomic E-state index is 12.1. The van der Waals surface area contributed by atoms with E-state index >= 15 is 0 Å². The Morgan fingerprint density at radius 2 is 1.81 bits per heavy atom. The van der Waals surface area contributed by atoms with Crippen molar-refractivity contribution in [2.75, 3.05) is 19.5 Å². The van der Waals surface area contributed by atoms with Crippen LogP contribution in [0.5, 0.6) is 11.5 Å². The summed E-state index contributed by atoms with van der Waals surface area (Å²) >= 11 is 5.85. The predicted molar refractivity (Wildman–Crippen MR) is 96.7 cm³/mol. The molecule has 6 nitrogen and oxygen atoms in total. The largest absolute Gasteiger partial charge is 1.00 e. The van der Waals surface area contributed by atoms with Crippen LogP contribution >= 0.6 is 11.6 Å². The molecule has 0 aromatic heterocycles. The standard InChI is InChI=1S/C18H16ClNO5.Na.H/c1-24-15-7-3-11(9-16(15)25-2)4-8-17(21)20-14-10-12(19)5-6-13(14)18(22)23;;/h3-10H,1-2H3,(H,20,21)(H,22,23);;/q;+1;-1/b8-4+;;. The monoisotopic (exact) mass is 385 g/mol. The minimum Gasteiger partial charge on any atom is -1.00 e. The third kappa shape index (κ3) is 5.78. The molecule has 2 rings (SSSR count). The van der Waals surface area contributed by atoms with Gasteiger partial charge in [-0.1, -0.05) is 17.7 Å². The number of hydrogen-bond donors (Lipinski definition) is 2. The first kappa shape index (κ1) is 22.1. The van der Waals surface area contributed by atoms with E-state index in [0.717, 1.165) is 5.56 Å². The van der Waals surface area contributed by atoms with E-state index < -0.39 is 11.9 Å². The van der Waals surface area contributed by atoms with Crippen LogP contribution in [0.25, 0.3) is 6.08 Å². The van der Waals surface area contributed by atoms with Gasteiger partial charge in [-0.25, -0.2) is 4.79 Å². The number of halogens is 1. The number of carboxylic acid groups (broad SMARTS) is 1. The summed E-state index contributed by atoms with van der Waals surface area (Å²) in [6.45, 7) is 0. The van der Waals surface area contributed by atoms with E-state index in [2.05, 4.69) is 5.32 Å². The Morgan fingerprint density at radius 3 is 2.42 bits per heavy atom. The Morgan fingerprint density at radius 1 is 1.12 bits per heavy atom. The second-order valence-corrected chi connectivity index (χ2v) is 5.37. The number of aromatic carboxylic acids is 1. The molecule has 0 bridgehead atoms. The molecule has 0 atom stereocenters. The first-order valence-electron chi connectivity index (χ1n) is 7.18. The average Bonchev–Trinajstić information content (AvgIpc) is 2.59. The smallest absolute Gasteiger partial charge is 1.00 e. The molecule has 0 spiro atoms. The second kappa shape index (κ2) is 10.2. The van der Waals surface area contributed by atoms with E-state index in [-0.39, 0.29) is 42.2 Å². The molecular weight excluding hydrogens is 369 g/mol. The summed E-state index contributed by atoms with van der Waals surface area (Å²) in [5.41, 5.74) is 0.802. The van der Waals surface area contributed by atoms with Gasteiger partial charge < -0.3 is 21.3 Å². The van der Waals surface area contributed by atoms with Crippen molar-refractivity contribution in [2.45, 2.75) is 0 Å². The number of hydrogen-bond acceptors (Lipinski definition) is 4. The topological polar surface area (TPSA) is 84.9 Å². The molecule has 2 N–H and O–H groups in total. The number of amides is 1. The first-order valence-corrected chi connectivity index (χ1v) is 7.56. The van der Waals surface area contributed by atoms with E-state index in [1.807, 2.05) is 0 Å². The maximum atomic E-state index is 12.1. The summed E-state index contributed by atoms with van der Waals surface area (Å²) < 4.78 is 10.3. The molecule has 132 valence electrons. The Labute approximate surface area is 179 Å². The summed E-state index contributed by atoms with van der Waals surface area (Å²) in [6, 6.07) is 9.35. The molecule has 2 aromatic carbocycles. The number of ether oxygens (including phenoxy) is 2. The molecule has 0 saturated carbocycles. The average molecular weight is 386 g/mol. The Kier molecular flexibility index (Phi) is 8.68. The van der Waals surface area contributed by atoms with Crippen molar-refractivity contribution in [3.8, 4) is 11.5 Å². The van der Waals surface area contributed by atoms with Gasteiger partial charge in [0.25, 0.3) is 0 Å². The van der Waals surface area contributed by atoms with Crippen molar-refractivity contribution in [3.05, 3.63) is 58.6 Å². The van der Waals surface area contributed by atoms with E-state index in [1.54, 1.807) is 24.3 Å². The number of rotatable bonds is 6. The predicted octanol–water partition coefficient (Wildman–Crippen LogP) is 0.824. The molecule has 0 aliphatic heterocycles. The van der Waals surface area contributed by atoms with Crippen LogP contribution < -0.4 is 44.3 Å². The van der Waals surface area contributed by atoms with Crippen molar-refractivity contribution in [3.63, 3.8) is 0 Å². The quantitative estimate of drug-likeness (QED) is 0.568. The molecule has 26 heavy (non-hydrogen) atoms. The van der Waals surface area contributed by atoms with Crippen molar-refractivity contribution in [2.24, 2.45) is 0 Å². The first-order chi connectivity index (χ1) is 11.9. The van der Waals surface area contributed by atoms with Gasteiger partial charge in [-0.05, 0) is 42.0 Å². The SMILES string of the molecule is COc1ccc(/C=C/C(=O)Nc2cc(Cl)ccc2C(=O)O)cc1OC.[H-].[Na+]. The van der Waals surface area contributed by atoms with Crippen LogP contribution in [0.2, 0.25) is 5.02 Å². The molecule has 0 fully saturated rings. The minimum absolute atomic E-state index is 0. The van der Waals surface area contributed by atoms with E-state index in [1.165, 1.54) is 38.5 Å². The maximum Gasteiger partial charge on any atom is 1.00 e. The number of nitrogens with one attached hydrogen (secondary N) is 1. The van der Waals surface area contributed by atoms with E-state index in [9.17, 15) is 9.59 Å². The Hall–Kier alpha value is -1.99. The number of carbonyl (C=O) groups excluding carboxylic acids is 1. The number of carboxylic acids is 1. The molecule has 0 unspecified atom stereocenters. The van der Waals surface area contributed by atoms with Gasteiger partial charge >= 0.3 is 35.5 Å². The van der Waals surface area contributed by atoms with Gasteiger partial charge in [-0.15, -0.1) is 0 Å². The van der Waals surface area contributed by atoms with E-state index in [4.69, 9.17) is 26.2 Å². The molecule has 0 radical (unpaired) electrons. The molecule has 0 heterocycles. The van der Waals surface area contributed by atoms with Crippen LogP contribution in [-0.2, 0) is 4.79 Å². The van der Waals surface area contributed by atoms with Gasteiger partial charge in [0.2, 0.25) is 5.91 Å². The fourth-order valence-corrected chi connectivity index (χ4v) is 2.28. The van der Waals surface area contributed by atoms with Gasteiger partial charge in [-0.2, -0.15) is 0 Å². The molecule has 0 aliphatic carbocycles. The van der Waals surface area contributed by atoms with Gasteiger partial charge in [0.1, 0.15) is 0 Å². The second-order valence-electron chi connectivity index (χ2n) is 4.93. The molecule has 8 heteroatoms. The molecule has 0 aliphatic rings. The normalized spacial score (nSPS) is 10.1. The summed E-state index contributed by atoms with van der Waals surface area (Å²) in [4.78, 5) is 23.2. The summed E-state index contributed by atoms with van der Waals surface area (Å²) in [6.07, 6.45) is 2.86. The minimum atomic E-state index is -1.16. The molecule has 0 saturated heterocycles. The van der Waals surface area contributed by atoms with Gasteiger partial charge in [-0.3, -0.25) is 4.79 Å². The van der Waals surface area contributed by atoms with Crippen molar-refractivity contribution in [1.82, 2.24) is 0 Å². The van der Waals surface area contributed by atoms with Crippen molar-refractivity contribution >= 4 is 35.2 Å². The zero-order valence-corrected chi connectivity index (χ0v) is 17.3. The Bertz CT molecular complexity index is 844. The molecular formula is C18H17ClNNaO5. The fraction of sp³-hybridized carbons (Fsp3) is 0.111. The van der Waals surface area contributed by atoms with E-state index in [0.29, 0.717) is 16.5 Å². The van der Waals surface area contributed by atoms with Crippen LogP contribution in [-0.4, -0.2) is 31.2 Å². The van der Waals surface area contributed by atoms with Crippen LogP contribution in [0.1, 0.15) is 17.3 Å². The third-order valence-electron chi connectivity index (χ3n) is 3.30. The van der Waals surface area contributed by atoms with Crippen LogP contribution in [0.15, 0.2) is 42.5 Å². The Balaban J connectivity index is 0.00000338. The number of benzene rings is 2. The van der Waals surface area contributed by atoms with Crippen LogP contribution in [0.3, 0.4) is 0 Å². The van der Waals surface area contributed by atoms with Gasteiger partial charge in [0.15, 0.2) is 11.5 Å². The van der Waals surface area contributed by atoms with Crippen LogP contribution in [0.4, 0.5) is 5.69 Å². The zero-order valence-electron chi connectivity index (χ0n) is 15.6. The van der Waals surface area contributed by atoms with Crippen LogP contribution in [0, 0.1) is 0 Å². The summed E-state index contributed by atoms with van der Waals surface area (Å²) in [5, 5.41) is 12.0. The summed E-state index contributed by atoms with van der Waals surface area (Å²) in [7, 11) is 3.05. The number of methoxy groups -OCH3 is 2. The molecule has 1 amide bonds. The van der Waals surface area contributed by atoms with Gasteiger partial charge in [0.05, 0.1) is 25.5 Å².